The molecule has 1 amide bonds. The number of carbonyl (C=O) groups excluding carboxylic acids is 1. The van der Waals surface area contributed by atoms with Crippen LogP contribution in [0.15, 0.2) is 34.8 Å². The Morgan fingerprint density at radius 1 is 1.59 bits per heavy atom. The first kappa shape index (κ1) is 11.5. The van der Waals surface area contributed by atoms with E-state index in [0.29, 0.717) is 12.1 Å². The van der Waals surface area contributed by atoms with Crippen molar-refractivity contribution >= 4 is 17.2 Å². The molecule has 17 heavy (non-hydrogen) atoms. The Bertz CT molecular complexity index is 575. The highest BCUT2D eigenvalue weighted by molar-refractivity contribution is 7.09. The Hall–Kier alpha value is -1.95. The number of aryl methyl sites for hydroxylation is 1. The predicted molar refractivity (Wildman–Crippen MR) is 65.0 cm³/mol. The van der Waals surface area contributed by atoms with Crippen LogP contribution in [-0.2, 0) is 13.6 Å². The van der Waals surface area contributed by atoms with Crippen LogP contribution in [0.3, 0.4) is 0 Å². The zero-order valence-corrected chi connectivity index (χ0v) is 10.0. The Balaban J connectivity index is 2.04. The molecule has 0 aromatic carbocycles. The molecule has 88 valence electrons. The van der Waals surface area contributed by atoms with Gasteiger partial charge in [0.15, 0.2) is 0 Å². The van der Waals surface area contributed by atoms with Crippen molar-refractivity contribution in [1.29, 1.82) is 0 Å². The number of thiazole rings is 1. The lowest BCUT2D eigenvalue weighted by Gasteiger charge is -2.03. The average molecular weight is 249 g/mol. The Morgan fingerprint density at radius 2 is 2.41 bits per heavy atom. The molecule has 1 N–H and O–H groups in total. The topological polar surface area (TPSA) is 64.0 Å². The summed E-state index contributed by atoms with van der Waals surface area (Å²) in [4.78, 5) is 28.0. The molecule has 0 spiro atoms. The zero-order valence-electron chi connectivity index (χ0n) is 9.21. The fourth-order valence-corrected chi connectivity index (χ4v) is 1.82. The van der Waals surface area contributed by atoms with Gasteiger partial charge in [-0.05, 0) is 6.07 Å². The van der Waals surface area contributed by atoms with Crippen LogP contribution in [-0.4, -0.2) is 15.5 Å². The van der Waals surface area contributed by atoms with E-state index in [9.17, 15) is 9.59 Å². The fraction of sp³-hybridized carbons (Fsp3) is 0.182. The van der Waals surface area contributed by atoms with Crippen LogP contribution in [0.4, 0.5) is 0 Å². The van der Waals surface area contributed by atoms with Crippen LogP contribution >= 0.6 is 11.3 Å². The van der Waals surface area contributed by atoms with Crippen molar-refractivity contribution in [2.45, 2.75) is 6.54 Å². The maximum absolute atomic E-state index is 11.7. The molecular formula is C11H11N3O2S. The van der Waals surface area contributed by atoms with Gasteiger partial charge in [0, 0.05) is 35.9 Å². The summed E-state index contributed by atoms with van der Waals surface area (Å²) in [7, 11) is 1.64. The smallest absolute Gasteiger partial charge is 0.251 e. The van der Waals surface area contributed by atoms with Crippen LogP contribution in [0.2, 0.25) is 0 Å². The van der Waals surface area contributed by atoms with E-state index in [4.69, 9.17) is 0 Å². The number of aromatic nitrogens is 2. The number of hydrogen-bond acceptors (Lipinski definition) is 4. The monoisotopic (exact) mass is 249 g/mol. The Kier molecular flexibility index (Phi) is 3.34. The molecule has 0 aliphatic rings. The summed E-state index contributed by atoms with van der Waals surface area (Å²) < 4.78 is 1.42. The molecule has 2 aromatic rings. The van der Waals surface area contributed by atoms with E-state index in [1.165, 1.54) is 22.0 Å². The third kappa shape index (κ3) is 2.79. The molecule has 0 saturated heterocycles. The summed E-state index contributed by atoms with van der Waals surface area (Å²) in [5.41, 5.74) is 1.88. The van der Waals surface area contributed by atoms with Crippen molar-refractivity contribution in [2.75, 3.05) is 0 Å². The summed E-state index contributed by atoms with van der Waals surface area (Å²) in [6, 6.07) is 2.94. The van der Waals surface area contributed by atoms with Crippen molar-refractivity contribution in [1.82, 2.24) is 14.9 Å². The number of carbonyl (C=O) groups is 1. The van der Waals surface area contributed by atoms with E-state index in [2.05, 4.69) is 10.3 Å². The van der Waals surface area contributed by atoms with Crippen molar-refractivity contribution in [3.05, 3.63) is 50.8 Å². The van der Waals surface area contributed by atoms with E-state index in [1.807, 2.05) is 0 Å². The molecule has 0 saturated carbocycles. The largest absolute Gasteiger partial charge is 0.347 e. The zero-order chi connectivity index (χ0) is 12.3. The second kappa shape index (κ2) is 4.92. The molecule has 0 fully saturated rings. The van der Waals surface area contributed by atoms with E-state index < -0.39 is 0 Å². The molecule has 0 aliphatic carbocycles. The number of pyridine rings is 1. The van der Waals surface area contributed by atoms with Crippen molar-refractivity contribution in [3.8, 4) is 0 Å². The maximum Gasteiger partial charge on any atom is 0.251 e. The summed E-state index contributed by atoms with van der Waals surface area (Å²) >= 11 is 1.47. The number of nitrogens with one attached hydrogen (secondary N) is 1. The third-order valence-electron chi connectivity index (χ3n) is 2.27. The predicted octanol–water partition coefficient (Wildman–Crippen LogP) is 0.772. The van der Waals surface area contributed by atoms with Gasteiger partial charge >= 0.3 is 0 Å². The molecule has 0 atom stereocenters. The molecular weight excluding hydrogens is 238 g/mol. The average Bonchev–Trinajstić information content (AvgIpc) is 2.82. The SMILES string of the molecule is Cn1ccc(C(=O)NCc2cncs2)cc1=O. The lowest BCUT2D eigenvalue weighted by molar-refractivity contribution is 0.0951. The number of nitrogens with zero attached hydrogens (tertiary/aromatic N) is 2. The van der Waals surface area contributed by atoms with Crippen LogP contribution in [0.5, 0.6) is 0 Å². The van der Waals surface area contributed by atoms with Gasteiger partial charge in [0.1, 0.15) is 0 Å². The number of amides is 1. The molecule has 6 heteroatoms. The summed E-state index contributed by atoms with van der Waals surface area (Å²) in [6.07, 6.45) is 3.28. The van der Waals surface area contributed by atoms with Crippen molar-refractivity contribution < 1.29 is 4.79 Å². The van der Waals surface area contributed by atoms with E-state index in [-0.39, 0.29) is 11.5 Å². The highest BCUT2D eigenvalue weighted by atomic mass is 32.1. The minimum Gasteiger partial charge on any atom is -0.347 e. The Labute approximate surface area is 102 Å². The number of hydrogen-bond donors (Lipinski definition) is 1. The van der Waals surface area contributed by atoms with Crippen molar-refractivity contribution in [3.63, 3.8) is 0 Å². The molecule has 2 rings (SSSR count). The summed E-state index contributed by atoms with van der Waals surface area (Å²) in [5, 5.41) is 2.73. The minimum atomic E-state index is -0.254. The van der Waals surface area contributed by atoms with E-state index in [0.717, 1.165) is 4.88 Å². The van der Waals surface area contributed by atoms with Crippen LogP contribution in [0.25, 0.3) is 0 Å². The van der Waals surface area contributed by atoms with Crippen LogP contribution in [0, 0.1) is 0 Å². The fourth-order valence-electron chi connectivity index (χ4n) is 1.29. The number of rotatable bonds is 3. The molecule has 5 nitrogen and oxygen atoms in total. The quantitative estimate of drug-likeness (QED) is 0.874. The standard InChI is InChI=1S/C11H11N3O2S/c1-14-3-2-8(4-10(14)15)11(16)13-6-9-5-12-7-17-9/h2-5,7H,6H2,1H3,(H,13,16). The second-order valence-electron chi connectivity index (χ2n) is 3.51. The summed E-state index contributed by atoms with van der Waals surface area (Å²) in [6.45, 7) is 0.429. The first-order valence-corrected chi connectivity index (χ1v) is 5.87. The van der Waals surface area contributed by atoms with Gasteiger partial charge in [0.25, 0.3) is 11.5 Å². The van der Waals surface area contributed by atoms with Gasteiger partial charge < -0.3 is 9.88 Å². The molecule has 2 aromatic heterocycles. The van der Waals surface area contributed by atoms with Gasteiger partial charge in [-0.3, -0.25) is 14.6 Å². The highest BCUT2D eigenvalue weighted by Crippen LogP contribution is 2.04. The molecule has 0 aliphatic heterocycles. The van der Waals surface area contributed by atoms with Crippen molar-refractivity contribution in [2.24, 2.45) is 7.05 Å². The van der Waals surface area contributed by atoms with Gasteiger partial charge in [-0.2, -0.15) is 0 Å². The van der Waals surface area contributed by atoms with Crippen LogP contribution in [0.1, 0.15) is 15.2 Å². The third-order valence-corrected chi connectivity index (χ3v) is 3.05. The minimum absolute atomic E-state index is 0.199. The van der Waals surface area contributed by atoms with Gasteiger partial charge in [0.05, 0.1) is 12.1 Å². The molecule has 0 unspecified atom stereocenters. The summed E-state index contributed by atoms with van der Waals surface area (Å²) in [5.74, 6) is -0.254. The first-order chi connectivity index (χ1) is 8.16. The maximum atomic E-state index is 11.7. The van der Waals surface area contributed by atoms with Gasteiger partial charge in [0.2, 0.25) is 0 Å². The molecule has 0 radical (unpaired) electrons. The van der Waals surface area contributed by atoms with E-state index in [1.54, 1.807) is 31.0 Å². The molecule has 0 bridgehead atoms. The van der Waals surface area contributed by atoms with E-state index >= 15 is 0 Å². The van der Waals surface area contributed by atoms with Crippen LogP contribution < -0.4 is 10.9 Å². The second-order valence-corrected chi connectivity index (χ2v) is 4.49. The Morgan fingerprint density at radius 3 is 3.06 bits per heavy atom. The normalized spacial score (nSPS) is 10.2. The van der Waals surface area contributed by atoms with Gasteiger partial charge in [-0.15, -0.1) is 11.3 Å². The van der Waals surface area contributed by atoms with Gasteiger partial charge in [-0.1, -0.05) is 0 Å². The highest BCUT2D eigenvalue weighted by Gasteiger charge is 2.06. The lowest BCUT2D eigenvalue weighted by atomic mass is 10.2. The van der Waals surface area contributed by atoms with Gasteiger partial charge in [-0.25, -0.2) is 0 Å². The lowest BCUT2D eigenvalue weighted by Crippen LogP contribution is -2.25. The molecule has 2 heterocycles. The first-order valence-electron chi connectivity index (χ1n) is 4.99.